The number of pyridine rings is 1. The molecule has 3 atom stereocenters. The van der Waals surface area contributed by atoms with Crippen molar-refractivity contribution in [1.29, 1.82) is 5.26 Å². The van der Waals surface area contributed by atoms with E-state index in [2.05, 4.69) is 15.3 Å². The highest BCUT2D eigenvalue weighted by Crippen LogP contribution is 2.53. The molecule has 2 heterocycles. The van der Waals surface area contributed by atoms with Gasteiger partial charge in [0, 0.05) is 23.9 Å². The SMILES string of the molecule is C[C@]1(c2cc(NC(=O)c3ccc(C#N)cn3)ccc2F)N=C(N)O[C@@H]2CCCC(F)(F)[C@H]21. The molecule has 3 N–H and O–H groups in total. The van der Waals surface area contributed by atoms with Gasteiger partial charge in [0.2, 0.25) is 0 Å². The van der Waals surface area contributed by atoms with Gasteiger partial charge < -0.3 is 15.8 Å². The number of nitriles is 1. The molecule has 1 saturated carbocycles. The average molecular weight is 443 g/mol. The van der Waals surface area contributed by atoms with E-state index in [1.165, 1.54) is 37.4 Å². The predicted octanol–water partition coefficient (Wildman–Crippen LogP) is 3.71. The van der Waals surface area contributed by atoms with Crippen LogP contribution in [0, 0.1) is 23.1 Å². The Balaban J connectivity index is 1.70. The largest absolute Gasteiger partial charge is 0.461 e. The predicted molar refractivity (Wildman–Crippen MR) is 109 cm³/mol. The van der Waals surface area contributed by atoms with Crippen LogP contribution in [0.5, 0.6) is 0 Å². The summed E-state index contributed by atoms with van der Waals surface area (Å²) < 4.78 is 50.2. The van der Waals surface area contributed by atoms with E-state index in [-0.39, 0.29) is 41.4 Å². The summed E-state index contributed by atoms with van der Waals surface area (Å²) in [5, 5.41) is 11.4. The Kier molecular flexibility index (Phi) is 5.28. The fraction of sp³-hybridized carbons (Fsp3) is 0.364. The Labute approximate surface area is 182 Å². The first-order valence-corrected chi connectivity index (χ1v) is 10.0. The topological polar surface area (TPSA) is 113 Å². The number of hydrogen-bond acceptors (Lipinski definition) is 6. The first-order chi connectivity index (χ1) is 15.1. The lowest BCUT2D eigenvalue weighted by molar-refractivity contribution is -0.163. The lowest BCUT2D eigenvalue weighted by Crippen LogP contribution is -2.57. The molecule has 0 saturated heterocycles. The maximum atomic E-state index is 15.0. The lowest BCUT2D eigenvalue weighted by atomic mass is 9.68. The zero-order chi connectivity index (χ0) is 23.1. The number of ether oxygens (including phenoxy) is 1. The van der Waals surface area contributed by atoms with Gasteiger partial charge in [-0.15, -0.1) is 0 Å². The second-order valence-electron chi connectivity index (χ2n) is 8.08. The van der Waals surface area contributed by atoms with E-state index < -0.39 is 35.2 Å². The van der Waals surface area contributed by atoms with E-state index in [9.17, 15) is 18.0 Å². The van der Waals surface area contributed by atoms with Crippen LogP contribution in [-0.4, -0.2) is 28.9 Å². The number of hydrogen-bond donors (Lipinski definition) is 2. The minimum Gasteiger partial charge on any atom is -0.461 e. The van der Waals surface area contributed by atoms with Crippen LogP contribution in [-0.2, 0) is 10.3 Å². The molecule has 0 radical (unpaired) electrons. The number of carbonyl (C=O) groups is 1. The van der Waals surface area contributed by atoms with Gasteiger partial charge in [-0.3, -0.25) is 4.79 Å². The third-order valence-corrected chi connectivity index (χ3v) is 5.94. The molecule has 166 valence electrons. The number of rotatable bonds is 3. The number of nitrogens with zero attached hydrogens (tertiary/aromatic N) is 3. The first kappa shape index (κ1) is 21.6. The summed E-state index contributed by atoms with van der Waals surface area (Å²) in [5.41, 5.74) is 4.45. The van der Waals surface area contributed by atoms with Gasteiger partial charge in [0.25, 0.3) is 17.9 Å². The summed E-state index contributed by atoms with van der Waals surface area (Å²) in [6.07, 6.45) is 0.603. The molecule has 0 spiro atoms. The number of amides is 1. The van der Waals surface area contributed by atoms with Gasteiger partial charge >= 0.3 is 0 Å². The van der Waals surface area contributed by atoms with Crippen LogP contribution in [0.4, 0.5) is 18.9 Å². The normalized spacial score (nSPS) is 26.2. The van der Waals surface area contributed by atoms with Gasteiger partial charge in [-0.2, -0.15) is 5.26 Å². The van der Waals surface area contributed by atoms with Crippen LogP contribution in [0.25, 0.3) is 0 Å². The quantitative estimate of drug-likeness (QED) is 0.751. The molecule has 0 unspecified atom stereocenters. The molecule has 1 aliphatic heterocycles. The van der Waals surface area contributed by atoms with Crippen molar-refractivity contribution < 1.29 is 22.7 Å². The van der Waals surface area contributed by atoms with Crippen molar-refractivity contribution >= 4 is 17.6 Å². The minimum atomic E-state index is -3.14. The molecular formula is C22H20F3N5O2. The van der Waals surface area contributed by atoms with Crippen molar-refractivity contribution in [3.63, 3.8) is 0 Å². The molecular weight excluding hydrogens is 423 g/mol. The highest BCUT2D eigenvalue weighted by atomic mass is 19.3. The third kappa shape index (κ3) is 3.75. The van der Waals surface area contributed by atoms with Crippen LogP contribution >= 0.6 is 0 Å². The number of nitrogens with two attached hydrogens (primary N) is 1. The average Bonchev–Trinajstić information content (AvgIpc) is 2.74. The molecule has 0 bridgehead atoms. The van der Waals surface area contributed by atoms with Crippen molar-refractivity contribution in [2.24, 2.45) is 16.6 Å². The van der Waals surface area contributed by atoms with Crippen molar-refractivity contribution in [2.45, 2.75) is 43.8 Å². The molecule has 4 rings (SSSR count). The summed E-state index contributed by atoms with van der Waals surface area (Å²) in [4.78, 5) is 20.5. The number of fused-ring (bicyclic) bond motifs is 1. The number of amidine groups is 1. The number of nitrogens with one attached hydrogen (secondary N) is 1. The van der Waals surface area contributed by atoms with Gasteiger partial charge in [0.15, 0.2) is 0 Å². The number of aromatic nitrogens is 1. The molecule has 10 heteroatoms. The highest BCUT2D eigenvalue weighted by molar-refractivity contribution is 6.02. The molecule has 2 aliphatic rings. The number of halogens is 3. The van der Waals surface area contributed by atoms with Gasteiger partial charge in [-0.05, 0) is 50.1 Å². The Morgan fingerprint density at radius 2 is 2.12 bits per heavy atom. The van der Waals surface area contributed by atoms with Crippen molar-refractivity contribution in [1.82, 2.24) is 4.98 Å². The first-order valence-electron chi connectivity index (χ1n) is 10.0. The van der Waals surface area contributed by atoms with Crippen LogP contribution in [0.15, 0.2) is 41.5 Å². The van der Waals surface area contributed by atoms with E-state index >= 15 is 0 Å². The minimum absolute atomic E-state index is 0.0355. The Morgan fingerprint density at radius 3 is 2.81 bits per heavy atom. The highest BCUT2D eigenvalue weighted by Gasteiger charge is 2.60. The molecule has 32 heavy (non-hydrogen) atoms. The molecule has 1 aromatic carbocycles. The summed E-state index contributed by atoms with van der Waals surface area (Å²) >= 11 is 0. The number of alkyl halides is 2. The third-order valence-electron chi connectivity index (χ3n) is 5.94. The monoisotopic (exact) mass is 443 g/mol. The number of carbonyl (C=O) groups excluding carboxylic acids is 1. The van der Waals surface area contributed by atoms with Crippen molar-refractivity contribution in [3.05, 3.63) is 59.2 Å². The van der Waals surface area contributed by atoms with E-state index in [1.807, 2.05) is 6.07 Å². The zero-order valence-electron chi connectivity index (χ0n) is 17.1. The maximum absolute atomic E-state index is 15.0. The smallest absolute Gasteiger partial charge is 0.283 e. The second-order valence-corrected chi connectivity index (χ2v) is 8.08. The van der Waals surface area contributed by atoms with Crippen molar-refractivity contribution in [3.8, 4) is 6.07 Å². The van der Waals surface area contributed by atoms with E-state index in [4.69, 9.17) is 15.7 Å². The van der Waals surface area contributed by atoms with Gasteiger partial charge in [-0.25, -0.2) is 23.1 Å². The van der Waals surface area contributed by atoms with Crippen molar-refractivity contribution in [2.75, 3.05) is 5.32 Å². The fourth-order valence-corrected chi connectivity index (χ4v) is 4.52. The summed E-state index contributed by atoms with van der Waals surface area (Å²) in [5.74, 6) is -5.91. The van der Waals surface area contributed by atoms with Crippen LogP contribution in [0.1, 0.15) is 47.8 Å². The van der Waals surface area contributed by atoms with Gasteiger partial charge in [0.05, 0.1) is 11.5 Å². The molecule has 1 aromatic heterocycles. The van der Waals surface area contributed by atoms with Gasteiger partial charge in [0.1, 0.15) is 29.2 Å². The standard InChI is InChI=1S/C22H20F3N5O2/c1-21(18-17(32-20(27)30-21)3-2-8-22(18,24)25)14-9-13(5-6-15(14)23)29-19(31)16-7-4-12(10-26)11-28-16/h4-7,9,11,17-18H,2-3,8H2,1H3,(H2,27,30)(H,29,31)/t17-,18-,21-/m1/s1. The van der Waals surface area contributed by atoms with E-state index in [0.717, 1.165) is 6.07 Å². The number of anilines is 1. The van der Waals surface area contributed by atoms with E-state index in [0.29, 0.717) is 6.42 Å². The Hall–Kier alpha value is -3.61. The maximum Gasteiger partial charge on any atom is 0.283 e. The van der Waals surface area contributed by atoms with E-state index in [1.54, 1.807) is 0 Å². The molecule has 1 fully saturated rings. The van der Waals surface area contributed by atoms with Crippen LogP contribution < -0.4 is 11.1 Å². The number of benzene rings is 1. The summed E-state index contributed by atoms with van der Waals surface area (Å²) in [7, 11) is 0. The molecule has 1 amide bonds. The van der Waals surface area contributed by atoms with Crippen LogP contribution in [0.3, 0.4) is 0 Å². The molecule has 7 nitrogen and oxygen atoms in total. The Bertz CT molecular complexity index is 1130. The zero-order valence-corrected chi connectivity index (χ0v) is 17.1. The fourth-order valence-electron chi connectivity index (χ4n) is 4.52. The summed E-state index contributed by atoms with van der Waals surface area (Å²) in [6.45, 7) is 1.41. The molecule has 2 aromatic rings. The molecule has 1 aliphatic carbocycles. The second kappa shape index (κ2) is 7.82. The lowest BCUT2D eigenvalue weighted by Gasteiger charge is -2.48. The van der Waals surface area contributed by atoms with Gasteiger partial charge in [-0.1, -0.05) is 0 Å². The summed E-state index contributed by atoms with van der Waals surface area (Å²) in [6, 6.07) is 8.10. The Morgan fingerprint density at radius 1 is 1.34 bits per heavy atom. The van der Waals surface area contributed by atoms with Crippen LogP contribution in [0.2, 0.25) is 0 Å². The number of aliphatic imine (C=N–C) groups is 1.